The van der Waals surface area contributed by atoms with Crippen molar-refractivity contribution in [1.29, 1.82) is 0 Å². The Hall–Kier alpha value is -1.45. The van der Waals surface area contributed by atoms with Crippen LogP contribution in [0.2, 0.25) is 0 Å². The van der Waals surface area contributed by atoms with Crippen LogP contribution >= 0.6 is 27.3 Å². The second-order valence-corrected chi connectivity index (χ2v) is 7.78. The van der Waals surface area contributed by atoms with E-state index in [2.05, 4.69) is 55.0 Å². The maximum atomic E-state index is 5.12. The van der Waals surface area contributed by atoms with Crippen LogP contribution in [-0.4, -0.2) is 40.4 Å². The van der Waals surface area contributed by atoms with Gasteiger partial charge in [0.2, 0.25) is 0 Å². The Morgan fingerprint density at radius 1 is 1.56 bits per heavy atom. The molecule has 1 aliphatic rings. The van der Waals surface area contributed by atoms with E-state index in [1.807, 2.05) is 4.68 Å². The Labute approximate surface area is 160 Å². The van der Waals surface area contributed by atoms with Crippen LogP contribution in [0, 0.1) is 0 Å². The number of aromatic nitrogens is 3. The van der Waals surface area contributed by atoms with Crippen molar-refractivity contribution >= 4 is 33.2 Å². The fraction of sp³-hybridized carbons (Fsp3) is 0.562. The summed E-state index contributed by atoms with van der Waals surface area (Å²) in [5.41, 5.74) is 0. The summed E-state index contributed by atoms with van der Waals surface area (Å²) >= 11 is 5.19. The molecule has 0 amide bonds. The van der Waals surface area contributed by atoms with Crippen LogP contribution in [0.4, 0.5) is 0 Å². The number of nitrogens with one attached hydrogen (secondary N) is 2. The lowest BCUT2D eigenvalue weighted by Gasteiger charge is -2.25. The van der Waals surface area contributed by atoms with Gasteiger partial charge in [-0.2, -0.15) is 5.10 Å². The van der Waals surface area contributed by atoms with Gasteiger partial charge in [-0.15, -0.1) is 11.3 Å². The number of ether oxygens (including phenoxy) is 1. The van der Waals surface area contributed by atoms with Crippen molar-refractivity contribution in [3.05, 3.63) is 32.4 Å². The molecule has 1 unspecified atom stereocenters. The highest BCUT2D eigenvalue weighted by Gasteiger charge is 2.22. The average molecular weight is 427 g/mol. The summed E-state index contributed by atoms with van der Waals surface area (Å²) in [4.78, 5) is 10.5. The topological polar surface area (TPSA) is 76.4 Å². The van der Waals surface area contributed by atoms with E-state index in [-0.39, 0.29) is 6.04 Å². The predicted molar refractivity (Wildman–Crippen MR) is 103 cm³/mol. The van der Waals surface area contributed by atoms with Gasteiger partial charge < -0.3 is 15.4 Å². The Morgan fingerprint density at radius 3 is 3.16 bits per heavy atom. The molecule has 0 radical (unpaired) electrons. The summed E-state index contributed by atoms with van der Waals surface area (Å²) in [6.45, 7) is 4.83. The van der Waals surface area contributed by atoms with Crippen molar-refractivity contribution in [2.24, 2.45) is 4.99 Å². The second kappa shape index (κ2) is 8.77. The molecule has 1 atom stereocenters. The number of halogens is 1. The zero-order valence-electron chi connectivity index (χ0n) is 14.5. The van der Waals surface area contributed by atoms with Crippen molar-refractivity contribution in [3.8, 4) is 0 Å². The molecule has 2 aromatic rings. The highest BCUT2D eigenvalue weighted by molar-refractivity contribution is 9.10. The summed E-state index contributed by atoms with van der Waals surface area (Å²) in [6.07, 6.45) is 1.92. The molecule has 0 spiro atoms. The van der Waals surface area contributed by atoms with Crippen molar-refractivity contribution in [2.75, 3.05) is 13.7 Å². The lowest BCUT2D eigenvalue weighted by molar-refractivity contribution is 0.177. The molecule has 3 rings (SSSR count). The maximum absolute atomic E-state index is 5.12. The zero-order chi connectivity index (χ0) is 17.6. The highest BCUT2D eigenvalue weighted by Crippen LogP contribution is 2.20. The van der Waals surface area contributed by atoms with Crippen LogP contribution in [-0.2, 0) is 30.9 Å². The van der Waals surface area contributed by atoms with Gasteiger partial charge in [0, 0.05) is 40.8 Å². The summed E-state index contributed by atoms with van der Waals surface area (Å²) < 4.78 is 8.21. The number of thiophene rings is 1. The summed E-state index contributed by atoms with van der Waals surface area (Å²) in [5, 5.41) is 13.4. The fourth-order valence-electron chi connectivity index (χ4n) is 2.78. The molecule has 0 bridgehead atoms. The second-order valence-electron chi connectivity index (χ2n) is 5.87. The number of fused-ring (bicyclic) bond motifs is 1. The lowest BCUT2D eigenvalue weighted by atomic mass is 10.1. The molecule has 0 aromatic carbocycles. The minimum atomic E-state index is 0.289. The molecule has 25 heavy (non-hydrogen) atoms. The van der Waals surface area contributed by atoms with Gasteiger partial charge in [0.1, 0.15) is 12.4 Å². The molecule has 0 aliphatic carbocycles. The van der Waals surface area contributed by atoms with E-state index in [4.69, 9.17) is 9.73 Å². The number of hydrogen-bond donors (Lipinski definition) is 2. The van der Waals surface area contributed by atoms with Gasteiger partial charge in [-0.3, -0.25) is 0 Å². The predicted octanol–water partition coefficient (Wildman–Crippen LogP) is 2.32. The molecule has 9 heteroatoms. The first-order chi connectivity index (χ1) is 12.2. The Morgan fingerprint density at radius 2 is 2.44 bits per heavy atom. The molecule has 136 valence electrons. The van der Waals surface area contributed by atoms with Crippen LogP contribution in [0.3, 0.4) is 0 Å². The summed E-state index contributed by atoms with van der Waals surface area (Å²) in [6, 6.07) is 2.40. The van der Waals surface area contributed by atoms with Gasteiger partial charge in [-0.25, -0.2) is 14.7 Å². The number of nitrogens with zero attached hydrogens (tertiary/aromatic N) is 4. The third-order valence-corrected chi connectivity index (χ3v) is 5.56. The SMILES string of the molecule is CCNC(=NCc1cc(Br)cs1)NC1CCc2nc(COC)nn2C1. The molecule has 2 aromatic heterocycles. The van der Waals surface area contributed by atoms with Gasteiger partial charge >= 0.3 is 0 Å². The van der Waals surface area contributed by atoms with Crippen molar-refractivity contribution < 1.29 is 4.74 Å². The van der Waals surface area contributed by atoms with E-state index in [9.17, 15) is 0 Å². The smallest absolute Gasteiger partial charge is 0.191 e. The number of hydrogen-bond acceptors (Lipinski definition) is 5. The van der Waals surface area contributed by atoms with E-state index in [1.165, 1.54) is 4.88 Å². The van der Waals surface area contributed by atoms with E-state index >= 15 is 0 Å². The van der Waals surface area contributed by atoms with E-state index < -0.39 is 0 Å². The van der Waals surface area contributed by atoms with Gasteiger partial charge in [0.05, 0.1) is 13.1 Å². The number of rotatable bonds is 6. The molecular weight excluding hydrogens is 404 g/mol. The highest BCUT2D eigenvalue weighted by atomic mass is 79.9. The molecule has 0 fully saturated rings. The molecule has 7 nitrogen and oxygen atoms in total. The van der Waals surface area contributed by atoms with Gasteiger partial charge in [-0.05, 0) is 35.3 Å². The van der Waals surface area contributed by atoms with Crippen molar-refractivity contribution in [1.82, 2.24) is 25.4 Å². The van der Waals surface area contributed by atoms with E-state index in [0.29, 0.717) is 13.2 Å². The van der Waals surface area contributed by atoms with Crippen LogP contribution in [0.1, 0.15) is 29.9 Å². The van der Waals surface area contributed by atoms with Crippen LogP contribution in [0.5, 0.6) is 0 Å². The van der Waals surface area contributed by atoms with Crippen LogP contribution < -0.4 is 10.6 Å². The van der Waals surface area contributed by atoms with Crippen molar-refractivity contribution in [3.63, 3.8) is 0 Å². The zero-order valence-corrected chi connectivity index (χ0v) is 16.9. The standard InChI is InChI=1S/C16H23BrN6OS/c1-3-18-16(19-7-13-6-11(17)10-25-13)20-12-4-5-15-21-14(9-24-2)22-23(15)8-12/h6,10,12H,3-5,7-9H2,1-2H3,(H2,18,19,20). The molecule has 0 saturated heterocycles. The molecule has 0 saturated carbocycles. The minimum absolute atomic E-state index is 0.289. The normalized spacial score (nSPS) is 17.4. The first kappa shape index (κ1) is 18.3. The first-order valence-electron chi connectivity index (χ1n) is 8.37. The quantitative estimate of drug-likeness (QED) is 0.547. The van der Waals surface area contributed by atoms with Crippen LogP contribution in [0.15, 0.2) is 20.9 Å². The third kappa shape index (κ3) is 5.02. The first-order valence-corrected chi connectivity index (χ1v) is 10.0. The average Bonchev–Trinajstić information content (AvgIpc) is 3.18. The fourth-order valence-corrected chi connectivity index (χ4v) is 4.15. The molecular formula is C16H23BrN6OS. The number of aryl methyl sites for hydroxylation is 1. The molecule has 2 N–H and O–H groups in total. The van der Waals surface area contributed by atoms with Crippen molar-refractivity contribution in [2.45, 2.75) is 45.5 Å². The largest absolute Gasteiger partial charge is 0.377 e. The molecule has 3 heterocycles. The lowest BCUT2D eigenvalue weighted by Crippen LogP contribution is -2.47. The maximum Gasteiger partial charge on any atom is 0.191 e. The molecule has 1 aliphatic heterocycles. The minimum Gasteiger partial charge on any atom is -0.377 e. The Bertz CT molecular complexity index is 728. The Kier molecular flexibility index (Phi) is 6.44. The summed E-state index contributed by atoms with van der Waals surface area (Å²) in [5.74, 6) is 2.63. The van der Waals surface area contributed by atoms with Gasteiger partial charge in [0.25, 0.3) is 0 Å². The van der Waals surface area contributed by atoms with Gasteiger partial charge in [-0.1, -0.05) is 0 Å². The number of aliphatic imine (C=N–C) groups is 1. The summed E-state index contributed by atoms with van der Waals surface area (Å²) in [7, 11) is 1.66. The van der Waals surface area contributed by atoms with Crippen LogP contribution in [0.25, 0.3) is 0 Å². The third-order valence-electron chi connectivity index (χ3n) is 3.88. The number of guanidine groups is 1. The van der Waals surface area contributed by atoms with E-state index in [0.717, 1.165) is 48.0 Å². The van der Waals surface area contributed by atoms with Gasteiger partial charge in [0.15, 0.2) is 11.8 Å². The van der Waals surface area contributed by atoms with E-state index in [1.54, 1.807) is 18.4 Å². The monoisotopic (exact) mass is 426 g/mol. The Balaban J connectivity index is 1.61. The number of methoxy groups -OCH3 is 1.